The number of aromatic nitrogens is 1. The van der Waals surface area contributed by atoms with Crippen LogP contribution in [0.5, 0.6) is 0 Å². The summed E-state index contributed by atoms with van der Waals surface area (Å²) in [6.45, 7) is 0.144. The van der Waals surface area contributed by atoms with Crippen LogP contribution in [0.2, 0.25) is 0 Å². The summed E-state index contributed by atoms with van der Waals surface area (Å²) in [4.78, 5) is 16.0. The number of nitrogens with two attached hydrogens (primary N) is 1. The molecule has 0 bridgehead atoms. The van der Waals surface area contributed by atoms with E-state index in [4.69, 9.17) is 5.73 Å². The van der Waals surface area contributed by atoms with Gasteiger partial charge in [0.15, 0.2) is 0 Å². The Morgan fingerprint density at radius 1 is 1.29 bits per heavy atom. The molecule has 0 fully saturated rings. The summed E-state index contributed by atoms with van der Waals surface area (Å²) in [5.41, 5.74) is 5.73. The van der Waals surface area contributed by atoms with Crippen LogP contribution in [0.15, 0.2) is 36.5 Å². The highest BCUT2D eigenvalue weighted by molar-refractivity contribution is 6.04. The van der Waals surface area contributed by atoms with Crippen molar-refractivity contribution in [1.82, 2.24) is 4.98 Å². The molecule has 1 amide bonds. The lowest BCUT2D eigenvalue weighted by molar-refractivity contribution is 0.102. The third-order valence-electron chi connectivity index (χ3n) is 2.47. The van der Waals surface area contributed by atoms with Gasteiger partial charge in [0.1, 0.15) is 17.3 Å². The van der Waals surface area contributed by atoms with Gasteiger partial charge in [0.25, 0.3) is 5.91 Å². The molecule has 0 aliphatic carbocycles. The van der Waals surface area contributed by atoms with Gasteiger partial charge in [-0.3, -0.25) is 4.79 Å². The van der Waals surface area contributed by atoms with Gasteiger partial charge >= 0.3 is 0 Å². The van der Waals surface area contributed by atoms with Gasteiger partial charge in [0, 0.05) is 18.0 Å². The standard InChI is InChI=1S/C15H11F2N3O/c16-11-7-12(17)9-13(8-11)20-15(21)14-10(3-1-5-18)4-2-6-19-14/h2,4,6-9H,5,18H2,(H,20,21). The number of pyridine rings is 1. The number of hydrogen-bond acceptors (Lipinski definition) is 3. The average molecular weight is 287 g/mol. The van der Waals surface area contributed by atoms with E-state index in [0.717, 1.165) is 12.1 Å². The van der Waals surface area contributed by atoms with Crippen molar-refractivity contribution in [1.29, 1.82) is 0 Å². The topological polar surface area (TPSA) is 68.0 Å². The highest BCUT2D eigenvalue weighted by Crippen LogP contribution is 2.14. The Hall–Kier alpha value is -2.78. The Kier molecular flexibility index (Phi) is 4.59. The summed E-state index contributed by atoms with van der Waals surface area (Å²) in [5, 5.41) is 2.38. The highest BCUT2D eigenvalue weighted by Gasteiger charge is 2.12. The minimum Gasteiger partial charge on any atom is -0.320 e. The molecule has 0 spiro atoms. The molecule has 0 saturated carbocycles. The summed E-state index contributed by atoms with van der Waals surface area (Å²) in [6.07, 6.45) is 1.43. The molecule has 0 saturated heterocycles. The normalized spacial score (nSPS) is 9.67. The summed E-state index contributed by atoms with van der Waals surface area (Å²) in [6, 6.07) is 5.97. The number of carbonyl (C=O) groups is 1. The quantitative estimate of drug-likeness (QED) is 0.829. The van der Waals surface area contributed by atoms with E-state index in [-0.39, 0.29) is 17.9 Å². The van der Waals surface area contributed by atoms with E-state index in [9.17, 15) is 13.6 Å². The van der Waals surface area contributed by atoms with Gasteiger partial charge in [-0.2, -0.15) is 0 Å². The molecular formula is C15H11F2N3O. The van der Waals surface area contributed by atoms with Gasteiger partial charge < -0.3 is 11.1 Å². The minimum atomic E-state index is -0.783. The van der Waals surface area contributed by atoms with Crippen molar-refractivity contribution >= 4 is 11.6 Å². The summed E-state index contributed by atoms with van der Waals surface area (Å²) in [7, 11) is 0. The molecule has 0 radical (unpaired) electrons. The van der Waals surface area contributed by atoms with Crippen LogP contribution in [0, 0.1) is 23.5 Å². The van der Waals surface area contributed by atoms with Crippen molar-refractivity contribution in [3.8, 4) is 11.8 Å². The average Bonchev–Trinajstić information content (AvgIpc) is 2.44. The van der Waals surface area contributed by atoms with E-state index >= 15 is 0 Å². The first-order valence-electron chi connectivity index (χ1n) is 6.01. The van der Waals surface area contributed by atoms with Crippen molar-refractivity contribution in [3.63, 3.8) is 0 Å². The SMILES string of the molecule is NCC#Cc1cccnc1C(=O)Nc1cc(F)cc(F)c1. The van der Waals surface area contributed by atoms with Gasteiger partial charge in [-0.25, -0.2) is 13.8 Å². The van der Waals surface area contributed by atoms with Crippen LogP contribution in [-0.4, -0.2) is 17.4 Å². The van der Waals surface area contributed by atoms with Crippen molar-refractivity contribution in [2.24, 2.45) is 5.73 Å². The number of hydrogen-bond donors (Lipinski definition) is 2. The summed E-state index contributed by atoms with van der Waals surface area (Å²) >= 11 is 0. The molecule has 21 heavy (non-hydrogen) atoms. The second-order valence-corrected chi connectivity index (χ2v) is 4.02. The monoisotopic (exact) mass is 287 g/mol. The number of benzene rings is 1. The van der Waals surface area contributed by atoms with E-state index in [1.807, 2.05) is 0 Å². The zero-order valence-corrected chi connectivity index (χ0v) is 10.9. The molecule has 0 aliphatic heterocycles. The van der Waals surface area contributed by atoms with Crippen LogP contribution >= 0.6 is 0 Å². The summed E-state index contributed by atoms with van der Waals surface area (Å²) in [5.74, 6) is 3.16. The van der Waals surface area contributed by atoms with Crippen LogP contribution in [0.25, 0.3) is 0 Å². The predicted octanol–water partition coefficient (Wildman–Crippen LogP) is 1.92. The second kappa shape index (κ2) is 6.59. The Balaban J connectivity index is 2.28. The fraction of sp³-hybridized carbons (Fsp3) is 0.0667. The Bertz CT molecular complexity index is 715. The number of anilines is 1. The molecule has 106 valence electrons. The first-order valence-corrected chi connectivity index (χ1v) is 6.01. The maximum absolute atomic E-state index is 13.1. The Morgan fingerprint density at radius 2 is 2.00 bits per heavy atom. The van der Waals surface area contributed by atoms with Gasteiger partial charge in [0.2, 0.25) is 0 Å². The fourth-order valence-corrected chi connectivity index (χ4v) is 1.65. The lowest BCUT2D eigenvalue weighted by atomic mass is 10.2. The zero-order chi connectivity index (χ0) is 15.2. The third-order valence-corrected chi connectivity index (χ3v) is 2.47. The number of rotatable bonds is 2. The molecule has 2 rings (SSSR count). The molecule has 0 unspecified atom stereocenters. The first-order chi connectivity index (χ1) is 10.1. The molecule has 1 aromatic carbocycles. The van der Waals surface area contributed by atoms with Crippen molar-refractivity contribution < 1.29 is 13.6 Å². The zero-order valence-electron chi connectivity index (χ0n) is 10.9. The van der Waals surface area contributed by atoms with E-state index in [0.29, 0.717) is 11.6 Å². The van der Waals surface area contributed by atoms with Crippen molar-refractivity contribution in [2.45, 2.75) is 0 Å². The van der Waals surface area contributed by atoms with Gasteiger partial charge in [-0.1, -0.05) is 11.8 Å². The van der Waals surface area contributed by atoms with E-state index in [2.05, 4.69) is 22.1 Å². The van der Waals surface area contributed by atoms with Crippen molar-refractivity contribution in [2.75, 3.05) is 11.9 Å². The molecule has 0 aliphatic rings. The van der Waals surface area contributed by atoms with E-state index < -0.39 is 17.5 Å². The molecule has 1 aromatic heterocycles. The predicted molar refractivity (Wildman–Crippen MR) is 74.5 cm³/mol. The highest BCUT2D eigenvalue weighted by atomic mass is 19.1. The number of halogens is 2. The maximum Gasteiger partial charge on any atom is 0.275 e. The molecular weight excluding hydrogens is 276 g/mol. The maximum atomic E-state index is 13.1. The number of amides is 1. The van der Waals surface area contributed by atoms with E-state index in [1.165, 1.54) is 6.20 Å². The smallest absolute Gasteiger partial charge is 0.275 e. The fourth-order valence-electron chi connectivity index (χ4n) is 1.65. The molecule has 0 atom stereocenters. The lowest BCUT2D eigenvalue weighted by Crippen LogP contribution is -2.15. The van der Waals surface area contributed by atoms with Gasteiger partial charge in [0.05, 0.1) is 12.1 Å². The molecule has 2 aromatic rings. The van der Waals surface area contributed by atoms with Crippen LogP contribution in [0.1, 0.15) is 16.1 Å². The summed E-state index contributed by atoms with van der Waals surface area (Å²) < 4.78 is 26.2. The van der Waals surface area contributed by atoms with Gasteiger partial charge in [-0.15, -0.1) is 0 Å². The lowest BCUT2D eigenvalue weighted by Gasteiger charge is -2.06. The van der Waals surface area contributed by atoms with Crippen LogP contribution in [0.3, 0.4) is 0 Å². The third kappa shape index (κ3) is 3.84. The molecule has 6 heteroatoms. The largest absolute Gasteiger partial charge is 0.320 e. The Labute approximate surface area is 120 Å². The van der Waals surface area contributed by atoms with Crippen LogP contribution in [0.4, 0.5) is 14.5 Å². The second-order valence-electron chi connectivity index (χ2n) is 4.02. The van der Waals surface area contributed by atoms with Crippen molar-refractivity contribution in [3.05, 3.63) is 59.4 Å². The van der Waals surface area contributed by atoms with E-state index in [1.54, 1.807) is 12.1 Å². The number of carbonyl (C=O) groups excluding carboxylic acids is 1. The van der Waals surface area contributed by atoms with Crippen LogP contribution < -0.4 is 11.1 Å². The first kappa shape index (κ1) is 14.6. The molecule has 1 heterocycles. The minimum absolute atomic E-state index is 0.000821. The number of nitrogens with one attached hydrogen (secondary N) is 1. The number of nitrogens with zero attached hydrogens (tertiary/aromatic N) is 1. The van der Waals surface area contributed by atoms with Gasteiger partial charge in [-0.05, 0) is 24.3 Å². The Morgan fingerprint density at radius 3 is 2.67 bits per heavy atom. The van der Waals surface area contributed by atoms with Crippen LogP contribution in [-0.2, 0) is 0 Å². The molecule has 3 N–H and O–H groups in total. The molecule has 4 nitrogen and oxygen atoms in total.